The minimum absolute atomic E-state index is 0.108. The Labute approximate surface area is 94.5 Å². The molecule has 2 aliphatic rings. The monoisotopic (exact) mass is 220 g/mol. The SMILES string of the molecule is NC(c1ccc2c(c1)OCCO2)C1(N)CC1. The van der Waals surface area contributed by atoms with Crippen molar-refractivity contribution in [2.45, 2.75) is 24.4 Å². The Hall–Kier alpha value is -1.26. The molecule has 1 aliphatic heterocycles. The van der Waals surface area contributed by atoms with Gasteiger partial charge in [0.15, 0.2) is 11.5 Å². The molecular weight excluding hydrogens is 204 g/mol. The summed E-state index contributed by atoms with van der Waals surface area (Å²) in [5, 5.41) is 0. The highest BCUT2D eigenvalue weighted by Crippen LogP contribution is 2.43. The van der Waals surface area contributed by atoms with Crippen LogP contribution in [0.4, 0.5) is 0 Å². The fourth-order valence-electron chi connectivity index (χ4n) is 2.04. The van der Waals surface area contributed by atoms with Gasteiger partial charge in [-0.1, -0.05) is 6.07 Å². The maximum atomic E-state index is 6.15. The third kappa shape index (κ3) is 1.54. The molecule has 1 fully saturated rings. The van der Waals surface area contributed by atoms with Crippen LogP contribution in [0.3, 0.4) is 0 Å². The van der Waals surface area contributed by atoms with Crippen LogP contribution in [0.1, 0.15) is 24.4 Å². The van der Waals surface area contributed by atoms with Crippen molar-refractivity contribution in [3.05, 3.63) is 23.8 Å². The average molecular weight is 220 g/mol. The Morgan fingerprint density at radius 1 is 1.12 bits per heavy atom. The summed E-state index contributed by atoms with van der Waals surface area (Å²) in [5.74, 6) is 1.58. The molecule has 0 amide bonds. The van der Waals surface area contributed by atoms with Crippen molar-refractivity contribution in [1.82, 2.24) is 0 Å². The van der Waals surface area contributed by atoms with Gasteiger partial charge >= 0.3 is 0 Å². The van der Waals surface area contributed by atoms with Crippen molar-refractivity contribution in [2.24, 2.45) is 11.5 Å². The summed E-state index contributed by atoms with van der Waals surface area (Å²) in [6.07, 6.45) is 2.01. The maximum Gasteiger partial charge on any atom is 0.161 e. The standard InChI is InChI=1S/C12H16N2O2/c13-11(12(14)3-4-12)8-1-2-9-10(7-8)16-6-5-15-9/h1-2,7,11H,3-6,13-14H2. The Balaban J connectivity index is 1.90. The minimum Gasteiger partial charge on any atom is -0.486 e. The van der Waals surface area contributed by atoms with Crippen LogP contribution in [0, 0.1) is 0 Å². The maximum absolute atomic E-state index is 6.15. The van der Waals surface area contributed by atoms with Crippen LogP contribution in [0.2, 0.25) is 0 Å². The summed E-state index contributed by atoms with van der Waals surface area (Å²) in [7, 11) is 0. The van der Waals surface area contributed by atoms with Gasteiger partial charge in [-0.2, -0.15) is 0 Å². The van der Waals surface area contributed by atoms with Crippen molar-refractivity contribution >= 4 is 0 Å². The van der Waals surface area contributed by atoms with E-state index in [0.29, 0.717) is 13.2 Å². The van der Waals surface area contributed by atoms with Gasteiger partial charge in [0.25, 0.3) is 0 Å². The molecule has 1 aliphatic carbocycles. The number of nitrogens with two attached hydrogens (primary N) is 2. The van der Waals surface area contributed by atoms with E-state index in [1.165, 1.54) is 0 Å². The predicted molar refractivity (Wildman–Crippen MR) is 60.5 cm³/mol. The van der Waals surface area contributed by atoms with E-state index in [-0.39, 0.29) is 11.6 Å². The number of fused-ring (bicyclic) bond motifs is 1. The van der Waals surface area contributed by atoms with Gasteiger partial charge < -0.3 is 20.9 Å². The Morgan fingerprint density at radius 2 is 1.81 bits per heavy atom. The molecule has 0 spiro atoms. The lowest BCUT2D eigenvalue weighted by Gasteiger charge is -2.23. The molecule has 0 bridgehead atoms. The first kappa shape index (κ1) is 9.93. The van der Waals surface area contributed by atoms with Crippen LogP contribution in [-0.4, -0.2) is 18.8 Å². The van der Waals surface area contributed by atoms with Crippen molar-refractivity contribution in [1.29, 1.82) is 0 Å². The number of benzene rings is 1. The fraction of sp³-hybridized carbons (Fsp3) is 0.500. The summed E-state index contributed by atoms with van der Waals surface area (Å²) in [6.45, 7) is 1.21. The highest BCUT2D eigenvalue weighted by molar-refractivity contribution is 5.45. The second-order valence-electron chi connectivity index (χ2n) is 4.61. The van der Waals surface area contributed by atoms with Gasteiger partial charge in [-0.15, -0.1) is 0 Å². The van der Waals surface area contributed by atoms with E-state index in [0.717, 1.165) is 29.9 Å². The molecular formula is C12H16N2O2. The van der Waals surface area contributed by atoms with Gasteiger partial charge in [0.1, 0.15) is 13.2 Å². The average Bonchev–Trinajstić information content (AvgIpc) is 3.07. The lowest BCUT2D eigenvalue weighted by molar-refractivity contribution is 0.171. The number of ether oxygens (including phenoxy) is 2. The molecule has 4 heteroatoms. The Kier molecular flexibility index (Phi) is 2.09. The molecule has 4 N–H and O–H groups in total. The molecule has 1 aromatic carbocycles. The topological polar surface area (TPSA) is 70.5 Å². The van der Waals surface area contributed by atoms with Gasteiger partial charge in [-0.25, -0.2) is 0 Å². The molecule has 3 rings (SSSR count). The van der Waals surface area contributed by atoms with E-state index in [2.05, 4.69) is 0 Å². The zero-order chi connectivity index (χ0) is 11.2. The van der Waals surface area contributed by atoms with Gasteiger partial charge in [-0.05, 0) is 30.5 Å². The summed E-state index contributed by atoms with van der Waals surface area (Å²) in [6, 6.07) is 5.73. The largest absolute Gasteiger partial charge is 0.486 e. The third-order valence-electron chi connectivity index (χ3n) is 3.37. The molecule has 0 radical (unpaired) electrons. The highest BCUT2D eigenvalue weighted by atomic mass is 16.6. The number of hydrogen-bond donors (Lipinski definition) is 2. The number of rotatable bonds is 2. The van der Waals surface area contributed by atoms with E-state index >= 15 is 0 Å². The van der Waals surface area contributed by atoms with Crippen LogP contribution in [0.25, 0.3) is 0 Å². The van der Waals surface area contributed by atoms with Crippen LogP contribution in [-0.2, 0) is 0 Å². The first-order valence-electron chi connectivity index (χ1n) is 5.63. The lowest BCUT2D eigenvalue weighted by Crippen LogP contribution is -2.36. The van der Waals surface area contributed by atoms with E-state index in [1.54, 1.807) is 0 Å². The smallest absolute Gasteiger partial charge is 0.161 e. The van der Waals surface area contributed by atoms with Gasteiger partial charge in [0.2, 0.25) is 0 Å². The molecule has 1 saturated carbocycles. The van der Waals surface area contributed by atoms with E-state index in [4.69, 9.17) is 20.9 Å². The van der Waals surface area contributed by atoms with Gasteiger partial charge in [0.05, 0.1) is 0 Å². The Bertz CT molecular complexity index is 415. The van der Waals surface area contributed by atoms with E-state index < -0.39 is 0 Å². The summed E-state index contributed by atoms with van der Waals surface area (Å²) >= 11 is 0. The number of hydrogen-bond acceptors (Lipinski definition) is 4. The Morgan fingerprint density at radius 3 is 2.50 bits per heavy atom. The van der Waals surface area contributed by atoms with Crippen LogP contribution < -0.4 is 20.9 Å². The summed E-state index contributed by atoms with van der Waals surface area (Å²) in [5.41, 5.74) is 13.1. The fourth-order valence-corrected chi connectivity index (χ4v) is 2.04. The summed E-state index contributed by atoms with van der Waals surface area (Å²) in [4.78, 5) is 0. The molecule has 86 valence electrons. The lowest BCUT2D eigenvalue weighted by atomic mass is 9.98. The molecule has 1 aromatic rings. The van der Waals surface area contributed by atoms with Gasteiger partial charge in [-0.3, -0.25) is 0 Å². The molecule has 16 heavy (non-hydrogen) atoms. The van der Waals surface area contributed by atoms with Crippen LogP contribution >= 0.6 is 0 Å². The van der Waals surface area contributed by atoms with Crippen LogP contribution in [0.15, 0.2) is 18.2 Å². The summed E-state index contributed by atoms with van der Waals surface area (Å²) < 4.78 is 11.0. The third-order valence-corrected chi connectivity index (χ3v) is 3.37. The van der Waals surface area contributed by atoms with Crippen molar-refractivity contribution in [3.63, 3.8) is 0 Å². The molecule has 1 atom stereocenters. The van der Waals surface area contributed by atoms with Crippen molar-refractivity contribution in [2.75, 3.05) is 13.2 Å². The first-order valence-corrected chi connectivity index (χ1v) is 5.63. The zero-order valence-electron chi connectivity index (χ0n) is 9.11. The molecule has 4 nitrogen and oxygen atoms in total. The molecule has 0 saturated heterocycles. The highest BCUT2D eigenvalue weighted by Gasteiger charge is 2.44. The second-order valence-corrected chi connectivity index (χ2v) is 4.61. The normalized spacial score (nSPS) is 22.6. The van der Waals surface area contributed by atoms with Crippen molar-refractivity contribution in [3.8, 4) is 11.5 Å². The minimum atomic E-state index is -0.205. The quantitative estimate of drug-likeness (QED) is 0.778. The van der Waals surface area contributed by atoms with E-state index in [9.17, 15) is 0 Å². The molecule has 0 aromatic heterocycles. The van der Waals surface area contributed by atoms with Crippen LogP contribution in [0.5, 0.6) is 11.5 Å². The van der Waals surface area contributed by atoms with E-state index in [1.807, 2.05) is 18.2 Å². The first-order chi connectivity index (χ1) is 7.69. The van der Waals surface area contributed by atoms with Gasteiger partial charge in [0, 0.05) is 11.6 Å². The predicted octanol–water partition coefficient (Wildman–Crippen LogP) is 0.949. The zero-order valence-corrected chi connectivity index (χ0v) is 9.11. The second kappa shape index (κ2) is 3.37. The van der Waals surface area contributed by atoms with Crippen molar-refractivity contribution < 1.29 is 9.47 Å². The molecule has 1 unspecified atom stereocenters. The molecule has 1 heterocycles.